The summed E-state index contributed by atoms with van der Waals surface area (Å²) >= 11 is 0. The lowest BCUT2D eigenvalue weighted by Crippen LogP contribution is -2.46. The third-order valence-electron chi connectivity index (χ3n) is 5.91. The zero-order chi connectivity index (χ0) is 24.1. The van der Waals surface area contributed by atoms with Crippen LogP contribution in [0.5, 0.6) is 5.75 Å². The minimum atomic E-state index is -1.17. The van der Waals surface area contributed by atoms with E-state index in [2.05, 4.69) is 10.6 Å². The van der Waals surface area contributed by atoms with E-state index in [4.69, 9.17) is 4.74 Å². The molecule has 34 heavy (non-hydrogen) atoms. The molecule has 1 fully saturated rings. The minimum Gasteiger partial charge on any atom is -0.496 e. The van der Waals surface area contributed by atoms with Crippen LogP contribution in [0.4, 0.5) is 10.5 Å². The Morgan fingerprint density at radius 3 is 2.32 bits per heavy atom. The Morgan fingerprint density at radius 2 is 1.59 bits per heavy atom. The number of methoxy groups -OCH3 is 1. The lowest BCUT2D eigenvalue weighted by atomic mass is 9.92. The van der Waals surface area contributed by atoms with Gasteiger partial charge in [-0.2, -0.15) is 0 Å². The standard InChI is InChI=1S/C27H27N3O4/c1-27(17-21-13-7-9-15-23(21)34-2)25(32)30(26(33)29-27)18-24(31)28-22-14-8-6-12-20(22)16-19-10-4-3-5-11-19/h3-15H,16-18H2,1-2H3,(H,28,31)(H,29,33). The van der Waals surface area contributed by atoms with Gasteiger partial charge in [0.15, 0.2) is 0 Å². The highest BCUT2D eigenvalue weighted by Crippen LogP contribution is 2.27. The van der Waals surface area contributed by atoms with Gasteiger partial charge in [-0.05, 0) is 42.2 Å². The fraction of sp³-hybridized carbons (Fsp3) is 0.222. The summed E-state index contributed by atoms with van der Waals surface area (Å²) in [5.74, 6) is -0.251. The molecule has 7 nitrogen and oxygen atoms in total. The first-order valence-corrected chi connectivity index (χ1v) is 11.1. The summed E-state index contributed by atoms with van der Waals surface area (Å²) in [6.07, 6.45) is 0.900. The quantitative estimate of drug-likeness (QED) is 0.504. The number of nitrogens with zero attached hydrogens (tertiary/aromatic N) is 1. The number of anilines is 1. The number of amides is 4. The van der Waals surface area contributed by atoms with Crippen molar-refractivity contribution in [2.45, 2.75) is 25.3 Å². The molecule has 0 spiro atoms. The lowest BCUT2D eigenvalue weighted by Gasteiger charge is -2.22. The average molecular weight is 458 g/mol. The van der Waals surface area contributed by atoms with Crippen molar-refractivity contribution in [3.05, 3.63) is 95.6 Å². The van der Waals surface area contributed by atoms with Crippen LogP contribution in [0.15, 0.2) is 78.9 Å². The van der Waals surface area contributed by atoms with Gasteiger partial charge in [-0.25, -0.2) is 4.79 Å². The maximum atomic E-state index is 13.2. The number of nitrogens with one attached hydrogen (secondary N) is 2. The zero-order valence-corrected chi connectivity index (χ0v) is 19.2. The van der Waals surface area contributed by atoms with Crippen molar-refractivity contribution < 1.29 is 19.1 Å². The van der Waals surface area contributed by atoms with E-state index in [1.807, 2.05) is 72.8 Å². The lowest BCUT2D eigenvalue weighted by molar-refractivity contribution is -0.133. The molecule has 7 heteroatoms. The van der Waals surface area contributed by atoms with E-state index in [-0.39, 0.29) is 13.0 Å². The molecule has 174 valence electrons. The number of urea groups is 1. The average Bonchev–Trinajstić information content (AvgIpc) is 3.04. The van der Waals surface area contributed by atoms with Gasteiger partial charge < -0.3 is 15.4 Å². The molecule has 3 aromatic carbocycles. The molecular formula is C27H27N3O4. The second-order valence-electron chi connectivity index (χ2n) is 8.51. The number of hydrogen-bond donors (Lipinski definition) is 2. The van der Waals surface area contributed by atoms with Crippen LogP contribution >= 0.6 is 0 Å². The number of ether oxygens (including phenoxy) is 1. The van der Waals surface area contributed by atoms with Crippen molar-refractivity contribution >= 4 is 23.5 Å². The van der Waals surface area contributed by atoms with Crippen molar-refractivity contribution in [2.24, 2.45) is 0 Å². The van der Waals surface area contributed by atoms with E-state index in [1.165, 1.54) is 0 Å². The topological polar surface area (TPSA) is 87.7 Å². The second kappa shape index (κ2) is 9.79. The summed E-state index contributed by atoms with van der Waals surface area (Å²) in [5.41, 5.74) is 2.34. The summed E-state index contributed by atoms with van der Waals surface area (Å²) in [6.45, 7) is 1.29. The SMILES string of the molecule is COc1ccccc1CC1(C)NC(=O)N(CC(=O)Nc2ccccc2Cc2ccccc2)C1=O. The summed E-state index contributed by atoms with van der Waals surface area (Å²) in [6, 6.07) is 24.2. The normalized spacial score (nSPS) is 17.4. The Labute approximate surface area is 198 Å². The predicted molar refractivity (Wildman–Crippen MR) is 130 cm³/mol. The fourth-order valence-corrected chi connectivity index (χ4v) is 4.19. The molecule has 3 aromatic rings. The molecule has 0 aromatic heterocycles. The highest BCUT2D eigenvalue weighted by Gasteiger charge is 2.48. The first-order valence-electron chi connectivity index (χ1n) is 11.1. The number of para-hydroxylation sites is 2. The molecule has 0 saturated carbocycles. The second-order valence-corrected chi connectivity index (χ2v) is 8.51. The van der Waals surface area contributed by atoms with E-state index in [0.717, 1.165) is 21.6 Å². The van der Waals surface area contributed by atoms with Crippen LogP contribution in [0, 0.1) is 0 Å². The highest BCUT2D eigenvalue weighted by atomic mass is 16.5. The van der Waals surface area contributed by atoms with E-state index in [9.17, 15) is 14.4 Å². The van der Waals surface area contributed by atoms with Crippen LogP contribution in [0.1, 0.15) is 23.6 Å². The van der Waals surface area contributed by atoms with Gasteiger partial charge in [0.05, 0.1) is 7.11 Å². The van der Waals surface area contributed by atoms with Gasteiger partial charge in [0.1, 0.15) is 17.8 Å². The van der Waals surface area contributed by atoms with Crippen molar-refractivity contribution in [1.82, 2.24) is 10.2 Å². The largest absolute Gasteiger partial charge is 0.496 e. The smallest absolute Gasteiger partial charge is 0.325 e. The summed E-state index contributed by atoms with van der Waals surface area (Å²) < 4.78 is 5.37. The maximum absolute atomic E-state index is 13.2. The monoisotopic (exact) mass is 457 g/mol. The molecule has 1 atom stereocenters. The summed E-state index contributed by atoms with van der Waals surface area (Å²) in [5, 5.41) is 5.61. The van der Waals surface area contributed by atoms with E-state index < -0.39 is 23.4 Å². The Bertz CT molecular complexity index is 1210. The molecule has 1 aliphatic rings. The molecule has 0 radical (unpaired) electrons. The molecule has 4 rings (SSSR count). The predicted octanol–water partition coefficient (Wildman–Crippen LogP) is 3.78. The molecule has 4 amide bonds. The van der Waals surface area contributed by atoms with Crippen LogP contribution in [-0.2, 0) is 22.4 Å². The van der Waals surface area contributed by atoms with E-state index in [1.54, 1.807) is 20.1 Å². The Kier molecular flexibility index (Phi) is 6.63. The molecule has 0 aliphatic carbocycles. The first-order chi connectivity index (χ1) is 16.4. The van der Waals surface area contributed by atoms with Gasteiger partial charge in [0.2, 0.25) is 5.91 Å². The molecule has 2 N–H and O–H groups in total. The third-order valence-corrected chi connectivity index (χ3v) is 5.91. The molecular weight excluding hydrogens is 430 g/mol. The molecule has 1 aliphatic heterocycles. The fourth-order valence-electron chi connectivity index (χ4n) is 4.19. The molecule has 1 unspecified atom stereocenters. The van der Waals surface area contributed by atoms with E-state index >= 15 is 0 Å². The Balaban J connectivity index is 1.45. The van der Waals surface area contributed by atoms with Gasteiger partial charge in [0, 0.05) is 12.1 Å². The number of imide groups is 1. The summed E-state index contributed by atoms with van der Waals surface area (Å²) in [4.78, 5) is 39.6. The maximum Gasteiger partial charge on any atom is 0.325 e. The van der Waals surface area contributed by atoms with Gasteiger partial charge >= 0.3 is 6.03 Å². The number of rotatable bonds is 8. The minimum absolute atomic E-state index is 0.250. The van der Waals surface area contributed by atoms with Crippen LogP contribution in [0.2, 0.25) is 0 Å². The first kappa shape index (κ1) is 23.0. The Hall–Kier alpha value is -4.13. The summed E-state index contributed by atoms with van der Waals surface area (Å²) in [7, 11) is 1.56. The van der Waals surface area contributed by atoms with Crippen LogP contribution in [-0.4, -0.2) is 41.9 Å². The van der Waals surface area contributed by atoms with Gasteiger partial charge in [-0.1, -0.05) is 66.7 Å². The highest BCUT2D eigenvalue weighted by molar-refractivity contribution is 6.10. The van der Waals surface area contributed by atoms with Crippen molar-refractivity contribution in [3.63, 3.8) is 0 Å². The van der Waals surface area contributed by atoms with Gasteiger partial charge in [0.25, 0.3) is 5.91 Å². The van der Waals surface area contributed by atoms with Crippen molar-refractivity contribution in [1.29, 1.82) is 0 Å². The number of benzene rings is 3. The van der Waals surface area contributed by atoms with Crippen molar-refractivity contribution in [2.75, 3.05) is 19.0 Å². The molecule has 1 heterocycles. The third kappa shape index (κ3) is 4.93. The molecule has 0 bridgehead atoms. The van der Waals surface area contributed by atoms with Crippen LogP contribution in [0.3, 0.4) is 0 Å². The molecule has 1 saturated heterocycles. The zero-order valence-electron chi connectivity index (χ0n) is 19.2. The van der Waals surface area contributed by atoms with Gasteiger partial charge in [-0.15, -0.1) is 0 Å². The number of hydrogen-bond acceptors (Lipinski definition) is 4. The van der Waals surface area contributed by atoms with Crippen molar-refractivity contribution in [3.8, 4) is 5.75 Å². The van der Waals surface area contributed by atoms with Crippen LogP contribution < -0.4 is 15.4 Å². The van der Waals surface area contributed by atoms with Crippen LogP contribution in [0.25, 0.3) is 0 Å². The Morgan fingerprint density at radius 1 is 0.941 bits per heavy atom. The number of carbonyl (C=O) groups excluding carboxylic acids is 3. The van der Waals surface area contributed by atoms with Gasteiger partial charge in [-0.3, -0.25) is 14.5 Å². The number of carbonyl (C=O) groups is 3. The van der Waals surface area contributed by atoms with E-state index in [0.29, 0.717) is 17.9 Å².